The molecule has 1 nitrogen and oxygen atoms in total. The van der Waals surface area contributed by atoms with Gasteiger partial charge in [-0.15, -0.1) is 0 Å². The van der Waals surface area contributed by atoms with Gasteiger partial charge in [0.2, 0.25) is 0 Å². The zero-order valence-corrected chi connectivity index (χ0v) is 7.40. The van der Waals surface area contributed by atoms with Crippen molar-refractivity contribution in [1.29, 1.82) is 0 Å². The molecule has 0 amide bonds. The molecule has 0 aliphatic rings. The summed E-state index contributed by atoms with van der Waals surface area (Å²) in [5, 5.41) is 0. The highest BCUT2D eigenvalue weighted by Gasteiger charge is 2.16. The average Bonchev–Trinajstić information content (AvgIpc) is 1.87. The van der Waals surface area contributed by atoms with Crippen LogP contribution in [0.25, 0.3) is 0 Å². The van der Waals surface area contributed by atoms with E-state index in [-0.39, 0.29) is 5.41 Å². The van der Waals surface area contributed by atoms with Gasteiger partial charge < -0.3 is 4.79 Å². The van der Waals surface area contributed by atoms with E-state index in [4.69, 9.17) is 11.6 Å². The number of hydrogen-bond donors (Lipinski definition) is 0. The number of hydrogen-bond acceptors (Lipinski definition) is 1. The first-order valence-corrected chi connectivity index (χ1v) is 3.67. The molecular weight excluding hydrogens is 148 g/mol. The number of halogens is 1. The molecule has 0 aromatic heterocycles. The van der Waals surface area contributed by atoms with Crippen molar-refractivity contribution >= 4 is 17.9 Å². The second-order valence-corrected chi connectivity index (χ2v) is 3.46. The first kappa shape index (κ1) is 9.70. The average molecular weight is 161 g/mol. The molecule has 10 heavy (non-hydrogen) atoms. The van der Waals surface area contributed by atoms with Crippen LogP contribution < -0.4 is 0 Å². The SMILES string of the molecule is C/C(=C\Cl)CC(C)(C)C=O. The van der Waals surface area contributed by atoms with Crippen LogP contribution in [0.1, 0.15) is 27.2 Å². The van der Waals surface area contributed by atoms with E-state index in [0.717, 1.165) is 18.3 Å². The Morgan fingerprint density at radius 2 is 2.10 bits per heavy atom. The zero-order valence-electron chi connectivity index (χ0n) is 6.65. The fourth-order valence-corrected chi connectivity index (χ4v) is 0.876. The molecule has 0 fully saturated rings. The Bertz CT molecular complexity index is 147. The Labute approximate surface area is 67.1 Å². The molecular formula is C8H13ClO. The zero-order chi connectivity index (χ0) is 8.20. The second-order valence-electron chi connectivity index (χ2n) is 3.24. The Kier molecular flexibility index (Phi) is 3.66. The molecule has 0 spiro atoms. The van der Waals surface area contributed by atoms with Gasteiger partial charge in [0, 0.05) is 11.0 Å². The molecule has 0 aliphatic carbocycles. The maximum atomic E-state index is 10.4. The number of aldehydes is 1. The molecule has 0 heterocycles. The van der Waals surface area contributed by atoms with E-state index in [1.807, 2.05) is 20.8 Å². The minimum absolute atomic E-state index is 0.268. The van der Waals surface area contributed by atoms with Crippen molar-refractivity contribution in [3.63, 3.8) is 0 Å². The van der Waals surface area contributed by atoms with Gasteiger partial charge in [0.1, 0.15) is 6.29 Å². The summed E-state index contributed by atoms with van der Waals surface area (Å²) in [4.78, 5) is 10.4. The van der Waals surface area contributed by atoms with Crippen LogP contribution in [0.5, 0.6) is 0 Å². The summed E-state index contributed by atoms with van der Waals surface area (Å²) in [5.74, 6) is 0. The highest BCUT2D eigenvalue weighted by atomic mass is 35.5. The van der Waals surface area contributed by atoms with Crippen LogP contribution in [0.3, 0.4) is 0 Å². The number of allylic oxidation sites excluding steroid dienone is 1. The van der Waals surface area contributed by atoms with E-state index in [0.29, 0.717) is 0 Å². The van der Waals surface area contributed by atoms with Crippen molar-refractivity contribution in [1.82, 2.24) is 0 Å². The van der Waals surface area contributed by atoms with E-state index in [2.05, 4.69) is 0 Å². The summed E-state index contributed by atoms with van der Waals surface area (Å²) in [7, 11) is 0. The molecule has 0 unspecified atom stereocenters. The Morgan fingerprint density at radius 1 is 1.60 bits per heavy atom. The molecule has 0 bridgehead atoms. The number of carbonyl (C=O) groups excluding carboxylic acids is 1. The van der Waals surface area contributed by atoms with E-state index >= 15 is 0 Å². The minimum Gasteiger partial charge on any atom is -0.303 e. The molecule has 2 heteroatoms. The third-order valence-corrected chi connectivity index (χ3v) is 1.61. The van der Waals surface area contributed by atoms with Gasteiger partial charge in [0.25, 0.3) is 0 Å². The van der Waals surface area contributed by atoms with Crippen molar-refractivity contribution in [3.8, 4) is 0 Å². The van der Waals surface area contributed by atoms with Crippen molar-refractivity contribution in [2.24, 2.45) is 5.41 Å². The third kappa shape index (κ3) is 3.67. The van der Waals surface area contributed by atoms with Crippen molar-refractivity contribution in [2.75, 3.05) is 0 Å². The fourth-order valence-electron chi connectivity index (χ4n) is 0.799. The predicted octanol–water partition coefficient (Wildman–Crippen LogP) is 2.74. The molecule has 0 N–H and O–H groups in total. The molecule has 0 aromatic rings. The van der Waals surface area contributed by atoms with Crippen LogP contribution in [0.15, 0.2) is 11.1 Å². The Balaban J connectivity index is 4.01. The number of carbonyl (C=O) groups is 1. The van der Waals surface area contributed by atoms with Crippen LogP contribution in [0, 0.1) is 5.41 Å². The monoisotopic (exact) mass is 160 g/mol. The van der Waals surface area contributed by atoms with Gasteiger partial charge in [-0.2, -0.15) is 0 Å². The van der Waals surface area contributed by atoms with Crippen molar-refractivity contribution in [2.45, 2.75) is 27.2 Å². The van der Waals surface area contributed by atoms with Gasteiger partial charge in [0.05, 0.1) is 0 Å². The van der Waals surface area contributed by atoms with E-state index < -0.39 is 0 Å². The first-order valence-electron chi connectivity index (χ1n) is 3.24. The highest BCUT2D eigenvalue weighted by molar-refractivity contribution is 6.25. The van der Waals surface area contributed by atoms with E-state index in [1.54, 1.807) is 0 Å². The summed E-state index contributed by atoms with van der Waals surface area (Å²) in [5.41, 5.74) is 2.29. The molecule has 0 radical (unpaired) electrons. The van der Waals surface area contributed by atoms with Gasteiger partial charge in [0.15, 0.2) is 0 Å². The van der Waals surface area contributed by atoms with Gasteiger partial charge in [-0.25, -0.2) is 0 Å². The van der Waals surface area contributed by atoms with Crippen LogP contribution >= 0.6 is 11.6 Å². The Morgan fingerprint density at radius 3 is 2.40 bits per heavy atom. The number of rotatable bonds is 3. The van der Waals surface area contributed by atoms with Crippen LogP contribution in [-0.4, -0.2) is 6.29 Å². The lowest BCUT2D eigenvalue weighted by Gasteiger charge is -2.15. The largest absolute Gasteiger partial charge is 0.303 e. The Hall–Kier alpha value is -0.300. The predicted molar refractivity (Wildman–Crippen MR) is 44.1 cm³/mol. The first-order chi connectivity index (χ1) is 4.52. The van der Waals surface area contributed by atoms with Crippen LogP contribution in [0.4, 0.5) is 0 Å². The highest BCUT2D eigenvalue weighted by Crippen LogP contribution is 2.22. The molecule has 0 atom stereocenters. The van der Waals surface area contributed by atoms with E-state index in [1.165, 1.54) is 5.54 Å². The molecule has 0 saturated heterocycles. The standard InChI is InChI=1S/C8H13ClO/c1-7(5-9)4-8(2,3)6-10/h5-6H,4H2,1-3H3/b7-5+. The van der Waals surface area contributed by atoms with E-state index in [9.17, 15) is 4.79 Å². The normalized spacial score (nSPS) is 13.4. The molecule has 0 aliphatic heterocycles. The maximum absolute atomic E-state index is 10.4. The quantitative estimate of drug-likeness (QED) is 0.581. The fraction of sp³-hybridized carbons (Fsp3) is 0.625. The maximum Gasteiger partial charge on any atom is 0.125 e. The lowest BCUT2D eigenvalue weighted by molar-refractivity contribution is -0.114. The molecule has 0 rings (SSSR count). The van der Waals surface area contributed by atoms with Gasteiger partial charge in [-0.1, -0.05) is 31.0 Å². The van der Waals surface area contributed by atoms with Crippen molar-refractivity contribution in [3.05, 3.63) is 11.1 Å². The second kappa shape index (κ2) is 3.77. The molecule has 58 valence electrons. The molecule has 0 aromatic carbocycles. The topological polar surface area (TPSA) is 17.1 Å². The summed E-state index contributed by atoms with van der Waals surface area (Å²) in [6.07, 6.45) is 1.69. The van der Waals surface area contributed by atoms with Crippen LogP contribution in [0.2, 0.25) is 0 Å². The smallest absolute Gasteiger partial charge is 0.125 e. The van der Waals surface area contributed by atoms with Crippen LogP contribution in [-0.2, 0) is 4.79 Å². The van der Waals surface area contributed by atoms with Crippen molar-refractivity contribution < 1.29 is 4.79 Å². The minimum atomic E-state index is -0.268. The summed E-state index contributed by atoms with van der Waals surface area (Å²) in [6, 6.07) is 0. The lowest BCUT2D eigenvalue weighted by Crippen LogP contribution is -2.12. The summed E-state index contributed by atoms with van der Waals surface area (Å²) in [6.45, 7) is 5.70. The summed E-state index contributed by atoms with van der Waals surface area (Å²) < 4.78 is 0. The van der Waals surface area contributed by atoms with Gasteiger partial charge in [-0.3, -0.25) is 0 Å². The molecule has 0 saturated carbocycles. The third-order valence-electron chi connectivity index (χ3n) is 1.24. The van der Waals surface area contributed by atoms with Gasteiger partial charge >= 0.3 is 0 Å². The lowest BCUT2D eigenvalue weighted by atomic mass is 9.88. The van der Waals surface area contributed by atoms with Gasteiger partial charge in [-0.05, 0) is 13.3 Å². The summed E-state index contributed by atoms with van der Waals surface area (Å²) >= 11 is 5.44.